The van der Waals surface area contributed by atoms with Crippen molar-refractivity contribution in [1.29, 1.82) is 0 Å². The predicted molar refractivity (Wildman–Crippen MR) is 116 cm³/mol. The van der Waals surface area contributed by atoms with Crippen LogP contribution < -0.4 is 20.1 Å². The van der Waals surface area contributed by atoms with E-state index in [0.717, 1.165) is 23.1 Å². The van der Waals surface area contributed by atoms with Crippen LogP contribution in [0.3, 0.4) is 0 Å². The number of nitrogens with zero attached hydrogens (tertiary/aromatic N) is 1. The van der Waals surface area contributed by atoms with Gasteiger partial charge in [0.15, 0.2) is 27.3 Å². The van der Waals surface area contributed by atoms with E-state index in [1.807, 2.05) is 30.3 Å². The molecule has 0 saturated carbocycles. The molecule has 0 aliphatic rings. The predicted octanol–water partition coefficient (Wildman–Crippen LogP) is 2.32. The lowest BCUT2D eigenvalue weighted by Crippen LogP contribution is -2.37. The molecule has 8 heteroatoms. The molecule has 0 atom stereocenters. The highest BCUT2D eigenvalue weighted by molar-refractivity contribution is 7.90. The zero-order valence-electron chi connectivity index (χ0n) is 17.6. The average molecular weight is 420 g/mol. The molecular formula is C21H29N3O4S. The van der Waals surface area contributed by atoms with Gasteiger partial charge in [0.25, 0.3) is 0 Å². The standard InChI is InChI=1S/C21H29N3O4S/c1-15-12-17(7-9-20(15)29(5,25)26)14-24-21(22-2)23-11-10-16-6-8-18(27-3)19(13-16)28-4/h6-9,12-13H,10-11,14H2,1-5H3,(H2,22,23,24). The number of aryl methyl sites for hydroxylation is 1. The third-order valence-electron chi connectivity index (χ3n) is 4.48. The average Bonchev–Trinajstić information content (AvgIpc) is 2.69. The van der Waals surface area contributed by atoms with Gasteiger partial charge < -0.3 is 20.1 Å². The van der Waals surface area contributed by atoms with Crippen LogP contribution in [0.2, 0.25) is 0 Å². The van der Waals surface area contributed by atoms with E-state index in [9.17, 15) is 8.42 Å². The number of methoxy groups -OCH3 is 2. The van der Waals surface area contributed by atoms with E-state index >= 15 is 0 Å². The maximum absolute atomic E-state index is 11.7. The van der Waals surface area contributed by atoms with Gasteiger partial charge in [-0.25, -0.2) is 8.42 Å². The van der Waals surface area contributed by atoms with Crippen LogP contribution in [0.1, 0.15) is 16.7 Å². The molecule has 0 spiro atoms. The Balaban J connectivity index is 1.89. The van der Waals surface area contributed by atoms with E-state index in [0.29, 0.717) is 35.4 Å². The Kier molecular flexibility index (Phi) is 7.90. The number of hydrogen-bond donors (Lipinski definition) is 2. The molecule has 0 amide bonds. The van der Waals surface area contributed by atoms with Crippen molar-refractivity contribution in [2.24, 2.45) is 4.99 Å². The fourth-order valence-corrected chi connectivity index (χ4v) is 3.96. The second-order valence-electron chi connectivity index (χ2n) is 6.66. The summed E-state index contributed by atoms with van der Waals surface area (Å²) < 4.78 is 34.0. The van der Waals surface area contributed by atoms with Crippen LogP contribution in [0.5, 0.6) is 11.5 Å². The summed E-state index contributed by atoms with van der Waals surface area (Å²) in [7, 11) is 1.74. The third kappa shape index (κ3) is 6.39. The Morgan fingerprint density at radius 2 is 1.69 bits per heavy atom. The van der Waals surface area contributed by atoms with Gasteiger partial charge in [0.1, 0.15) is 0 Å². The highest BCUT2D eigenvalue weighted by Gasteiger charge is 2.11. The van der Waals surface area contributed by atoms with Gasteiger partial charge in [0.2, 0.25) is 0 Å². The highest BCUT2D eigenvalue weighted by Crippen LogP contribution is 2.27. The first-order valence-corrected chi connectivity index (χ1v) is 11.1. The Bertz CT molecular complexity index is 972. The number of nitrogens with one attached hydrogen (secondary N) is 2. The lowest BCUT2D eigenvalue weighted by Gasteiger charge is -2.14. The molecule has 7 nitrogen and oxygen atoms in total. The van der Waals surface area contributed by atoms with Crippen molar-refractivity contribution >= 4 is 15.8 Å². The summed E-state index contributed by atoms with van der Waals surface area (Å²) in [5, 5.41) is 6.52. The lowest BCUT2D eigenvalue weighted by atomic mass is 10.1. The minimum absolute atomic E-state index is 0.360. The minimum Gasteiger partial charge on any atom is -0.493 e. The van der Waals surface area contributed by atoms with Crippen molar-refractivity contribution in [3.05, 3.63) is 53.1 Å². The quantitative estimate of drug-likeness (QED) is 0.504. The van der Waals surface area contributed by atoms with Crippen molar-refractivity contribution in [2.45, 2.75) is 24.8 Å². The summed E-state index contributed by atoms with van der Waals surface area (Å²) in [5.74, 6) is 2.09. The van der Waals surface area contributed by atoms with Crippen molar-refractivity contribution in [3.8, 4) is 11.5 Å². The van der Waals surface area contributed by atoms with Crippen molar-refractivity contribution in [2.75, 3.05) is 34.1 Å². The molecule has 2 aromatic carbocycles. The van der Waals surface area contributed by atoms with E-state index in [4.69, 9.17) is 9.47 Å². The third-order valence-corrected chi connectivity index (χ3v) is 5.73. The zero-order valence-corrected chi connectivity index (χ0v) is 18.4. The van der Waals surface area contributed by atoms with Gasteiger partial charge >= 0.3 is 0 Å². The summed E-state index contributed by atoms with van der Waals surface area (Å²) in [5.41, 5.74) is 2.85. The van der Waals surface area contributed by atoms with E-state index < -0.39 is 9.84 Å². The molecule has 29 heavy (non-hydrogen) atoms. The largest absolute Gasteiger partial charge is 0.493 e. The van der Waals surface area contributed by atoms with Gasteiger partial charge in [-0.2, -0.15) is 0 Å². The summed E-state index contributed by atoms with van der Waals surface area (Å²) in [6.45, 7) is 3.04. The molecule has 2 aromatic rings. The van der Waals surface area contributed by atoms with Gasteiger partial charge in [0.05, 0.1) is 19.1 Å². The summed E-state index contributed by atoms with van der Waals surface area (Å²) in [6, 6.07) is 11.2. The Morgan fingerprint density at radius 1 is 1.00 bits per heavy atom. The van der Waals surface area contributed by atoms with E-state index in [1.54, 1.807) is 34.3 Å². The number of aliphatic imine (C=N–C) groups is 1. The van der Waals surface area contributed by atoms with Crippen molar-refractivity contribution in [1.82, 2.24) is 10.6 Å². The molecule has 0 bridgehead atoms. The molecule has 0 heterocycles. The molecule has 0 fully saturated rings. The molecule has 158 valence electrons. The van der Waals surface area contributed by atoms with Gasteiger partial charge in [-0.1, -0.05) is 18.2 Å². The first-order valence-electron chi connectivity index (χ1n) is 9.23. The van der Waals surface area contributed by atoms with Gasteiger partial charge in [-0.05, 0) is 48.2 Å². The van der Waals surface area contributed by atoms with Crippen molar-refractivity contribution < 1.29 is 17.9 Å². The van der Waals surface area contributed by atoms with Crippen molar-refractivity contribution in [3.63, 3.8) is 0 Å². The van der Waals surface area contributed by atoms with Gasteiger partial charge in [0, 0.05) is 26.4 Å². The highest BCUT2D eigenvalue weighted by atomic mass is 32.2. The number of benzene rings is 2. The Hall–Kier alpha value is -2.74. The van der Waals surface area contributed by atoms with E-state index in [2.05, 4.69) is 15.6 Å². The molecule has 0 unspecified atom stereocenters. The fraction of sp³-hybridized carbons (Fsp3) is 0.381. The van der Waals surface area contributed by atoms with Crippen LogP contribution in [0, 0.1) is 6.92 Å². The van der Waals surface area contributed by atoms with Gasteiger partial charge in [-0.3, -0.25) is 4.99 Å². The second-order valence-corrected chi connectivity index (χ2v) is 8.65. The number of hydrogen-bond acceptors (Lipinski definition) is 5. The first kappa shape index (κ1) is 22.5. The van der Waals surface area contributed by atoms with E-state index in [1.165, 1.54) is 6.26 Å². The number of guanidine groups is 1. The SMILES string of the molecule is CN=C(NCCc1ccc(OC)c(OC)c1)NCc1ccc(S(C)(=O)=O)c(C)c1. The molecule has 2 N–H and O–H groups in total. The molecule has 0 aliphatic heterocycles. The topological polar surface area (TPSA) is 89.0 Å². The van der Waals surface area contributed by atoms with Crippen LogP contribution in [0.25, 0.3) is 0 Å². The maximum atomic E-state index is 11.7. The van der Waals surface area contributed by atoms with Crippen LogP contribution in [0.15, 0.2) is 46.3 Å². The number of rotatable bonds is 8. The molecule has 0 aliphatic carbocycles. The molecule has 0 aromatic heterocycles. The number of sulfone groups is 1. The van der Waals surface area contributed by atoms with Crippen LogP contribution in [0.4, 0.5) is 0 Å². The Labute approximate surface area is 173 Å². The zero-order chi connectivity index (χ0) is 21.4. The van der Waals surface area contributed by atoms with Crippen LogP contribution in [-0.4, -0.2) is 48.4 Å². The second kappa shape index (κ2) is 10.2. The van der Waals surface area contributed by atoms with Gasteiger partial charge in [-0.15, -0.1) is 0 Å². The first-order chi connectivity index (χ1) is 13.8. The minimum atomic E-state index is -3.21. The summed E-state index contributed by atoms with van der Waals surface area (Å²) in [4.78, 5) is 4.59. The van der Waals surface area contributed by atoms with E-state index in [-0.39, 0.29) is 0 Å². The normalized spacial score (nSPS) is 11.8. The summed E-state index contributed by atoms with van der Waals surface area (Å²) >= 11 is 0. The summed E-state index contributed by atoms with van der Waals surface area (Å²) in [6.07, 6.45) is 2.01. The Morgan fingerprint density at radius 3 is 2.28 bits per heavy atom. The molecule has 0 saturated heterocycles. The molecule has 0 radical (unpaired) electrons. The lowest BCUT2D eigenvalue weighted by molar-refractivity contribution is 0.354. The number of ether oxygens (including phenoxy) is 2. The van der Waals surface area contributed by atoms with Crippen LogP contribution >= 0.6 is 0 Å². The van der Waals surface area contributed by atoms with Crippen LogP contribution in [-0.2, 0) is 22.8 Å². The fourth-order valence-electron chi connectivity index (χ4n) is 3.01. The smallest absolute Gasteiger partial charge is 0.191 e. The molecular weight excluding hydrogens is 390 g/mol. The molecule has 2 rings (SSSR count). The monoisotopic (exact) mass is 419 g/mol. The maximum Gasteiger partial charge on any atom is 0.191 e.